The van der Waals surface area contributed by atoms with E-state index in [0.29, 0.717) is 0 Å². The average Bonchev–Trinajstić information content (AvgIpc) is 3.12. The second kappa shape index (κ2) is 5.28. The van der Waals surface area contributed by atoms with Crippen LogP contribution in [0.3, 0.4) is 0 Å². The fourth-order valence-corrected chi connectivity index (χ4v) is 2.85. The molecule has 2 aromatic carbocycles. The van der Waals surface area contributed by atoms with Crippen LogP contribution in [0.1, 0.15) is 17.2 Å². The molecule has 0 bridgehead atoms. The maximum atomic E-state index is 12.1. The molecule has 2 heterocycles. The Morgan fingerprint density at radius 2 is 2.09 bits per heavy atom. The Hall–Kier alpha value is -3.08. The first kappa shape index (κ1) is 13.6. The monoisotopic (exact) mass is 305 g/mol. The van der Waals surface area contributed by atoms with Crippen molar-refractivity contribution in [3.63, 3.8) is 0 Å². The number of anilines is 1. The van der Waals surface area contributed by atoms with Crippen molar-refractivity contribution >= 4 is 28.7 Å². The highest BCUT2D eigenvalue weighted by Gasteiger charge is 2.29. The highest BCUT2D eigenvalue weighted by atomic mass is 16.5. The molecular weight excluding hydrogens is 290 g/mol. The number of amides is 1. The third-order valence-corrected chi connectivity index (χ3v) is 4.05. The van der Waals surface area contributed by atoms with Crippen molar-refractivity contribution in [3.8, 4) is 5.75 Å². The molecule has 0 radical (unpaired) electrons. The van der Waals surface area contributed by atoms with Gasteiger partial charge in [-0.2, -0.15) is 0 Å². The van der Waals surface area contributed by atoms with Gasteiger partial charge in [-0.25, -0.2) is 0 Å². The number of aromatic amines is 1. The van der Waals surface area contributed by atoms with Gasteiger partial charge in [-0.15, -0.1) is 0 Å². The number of H-pyrrole nitrogens is 1. The van der Waals surface area contributed by atoms with Crippen molar-refractivity contribution in [2.45, 2.75) is 6.04 Å². The number of benzene rings is 2. The minimum absolute atomic E-state index is 0.0973. The molecule has 1 amide bonds. The molecule has 0 spiro atoms. The fraction of sp³-hybridized carbons (Fsp3) is 0.111. The molecule has 5 heteroatoms. The molecule has 1 atom stereocenters. The second-order valence-corrected chi connectivity index (χ2v) is 5.41. The maximum Gasteiger partial charge on any atom is 0.253 e. The number of aromatic nitrogens is 1. The van der Waals surface area contributed by atoms with Gasteiger partial charge in [0, 0.05) is 40.1 Å². The van der Waals surface area contributed by atoms with Gasteiger partial charge < -0.3 is 15.0 Å². The zero-order chi connectivity index (χ0) is 15.8. The van der Waals surface area contributed by atoms with Crippen molar-refractivity contribution in [3.05, 3.63) is 59.8 Å². The molecule has 0 aliphatic carbocycles. The quantitative estimate of drug-likeness (QED) is 0.729. The van der Waals surface area contributed by atoms with Gasteiger partial charge in [0.05, 0.1) is 7.11 Å². The number of aliphatic imine (C=N–C) groups is 1. The van der Waals surface area contributed by atoms with E-state index >= 15 is 0 Å². The Kier molecular flexibility index (Phi) is 3.12. The predicted molar refractivity (Wildman–Crippen MR) is 90.3 cm³/mol. The van der Waals surface area contributed by atoms with Crippen molar-refractivity contribution < 1.29 is 9.53 Å². The topological polar surface area (TPSA) is 66.5 Å². The summed E-state index contributed by atoms with van der Waals surface area (Å²) in [5, 5.41) is 3.87. The van der Waals surface area contributed by atoms with E-state index < -0.39 is 6.04 Å². The molecule has 3 aromatic rings. The van der Waals surface area contributed by atoms with Crippen LogP contribution >= 0.6 is 0 Å². The minimum Gasteiger partial charge on any atom is -0.497 e. The molecule has 23 heavy (non-hydrogen) atoms. The number of methoxy groups -OCH3 is 1. The molecule has 4 rings (SSSR count). The van der Waals surface area contributed by atoms with Crippen molar-refractivity contribution in [1.29, 1.82) is 0 Å². The lowest BCUT2D eigenvalue weighted by molar-refractivity contribution is -0.116. The summed E-state index contributed by atoms with van der Waals surface area (Å²) in [6, 6.07) is 12.9. The third kappa shape index (κ3) is 2.26. The van der Waals surface area contributed by atoms with E-state index in [0.717, 1.165) is 33.5 Å². The third-order valence-electron chi connectivity index (χ3n) is 4.05. The van der Waals surface area contributed by atoms with E-state index in [4.69, 9.17) is 4.74 Å². The molecule has 0 saturated carbocycles. The molecule has 2 N–H and O–H groups in total. The van der Waals surface area contributed by atoms with Crippen molar-refractivity contribution in [1.82, 2.24) is 4.98 Å². The van der Waals surface area contributed by atoms with Crippen molar-refractivity contribution in [2.24, 2.45) is 4.99 Å². The lowest BCUT2D eigenvalue weighted by atomic mass is 10.1. The number of carbonyl (C=O) groups is 1. The summed E-state index contributed by atoms with van der Waals surface area (Å²) in [5.74, 6) is 0.690. The minimum atomic E-state index is -0.498. The lowest BCUT2D eigenvalue weighted by Crippen LogP contribution is -2.10. The largest absolute Gasteiger partial charge is 0.497 e. The molecular formula is C18H15N3O2. The summed E-state index contributed by atoms with van der Waals surface area (Å²) in [6.45, 7) is 0. The first-order chi connectivity index (χ1) is 11.3. The highest BCUT2D eigenvalue weighted by molar-refractivity contribution is 6.05. The van der Waals surface area contributed by atoms with E-state index in [9.17, 15) is 4.79 Å². The number of ether oxygens (including phenoxy) is 1. The van der Waals surface area contributed by atoms with Crippen LogP contribution in [0.5, 0.6) is 5.75 Å². The molecule has 1 aliphatic rings. The predicted octanol–water partition coefficient (Wildman–Crippen LogP) is 3.29. The summed E-state index contributed by atoms with van der Waals surface area (Å²) in [5.41, 5.74) is 3.67. The molecule has 1 aromatic heterocycles. The van der Waals surface area contributed by atoms with Gasteiger partial charge in [-0.3, -0.25) is 9.79 Å². The Balaban J connectivity index is 1.71. The normalized spacial score (nSPS) is 16.7. The van der Waals surface area contributed by atoms with Crippen LogP contribution in [0.2, 0.25) is 0 Å². The van der Waals surface area contributed by atoms with Crippen LogP contribution in [0.25, 0.3) is 10.9 Å². The number of fused-ring (bicyclic) bond motifs is 2. The second-order valence-electron chi connectivity index (χ2n) is 5.41. The average molecular weight is 305 g/mol. The van der Waals surface area contributed by atoms with Gasteiger partial charge in [0.25, 0.3) is 5.91 Å². The van der Waals surface area contributed by atoms with Crippen LogP contribution in [0.15, 0.2) is 53.7 Å². The molecule has 5 nitrogen and oxygen atoms in total. The Morgan fingerprint density at radius 3 is 2.96 bits per heavy atom. The standard InChI is InChI=1S/C18H15N3O2/c1-23-12-6-7-15-14(8-12)11(9-19-15)10-20-17-13-4-2-3-5-16(13)21-18(17)22/h2-10,17,19H,1H3,(H,21,22). The Bertz CT molecular complexity index is 927. The lowest BCUT2D eigenvalue weighted by Gasteiger charge is -2.02. The van der Waals surface area contributed by atoms with E-state index in [1.165, 1.54) is 0 Å². The molecule has 114 valence electrons. The van der Waals surface area contributed by atoms with Crippen LogP contribution in [-0.4, -0.2) is 24.2 Å². The SMILES string of the molecule is COc1ccc2[nH]cc(C=NC3C(=O)Nc4ccccc43)c2c1. The number of hydrogen-bond acceptors (Lipinski definition) is 3. The summed E-state index contributed by atoms with van der Waals surface area (Å²) in [6.07, 6.45) is 3.62. The summed E-state index contributed by atoms with van der Waals surface area (Å²) in [7, 11) is 1.64. The van der Waals surface area contributed by atoms with Gasteiger partial charge in [0.1, 0.15) is 5.75 Å². The number of hydrogen-bond donors (Lipinski definition) is 2. The summed E-state index contributed by atoms with van der Waals surface area (Å²) < 4.78 is 5.27. The fourth-order valence-electron chi connectivity index (χ4n) is 2.85. The highest BCUT2D eigenvalue weighted by Crippen LogP contribution is 2.33. The molecule has 1 unspecified atom stereocenters. The van der Waals surface area contributed by atoms with Gasteiger partial charge in [0.15, 0.2) is 6.04 Å². The molecule has 0 saturated heterocycles. The maximum absolute atomic E-state index is 12.1. The number of nitrogens with zero attached hydrogens (tertiary/aromatic N) is 1. The van der Waals surface area contributed by atoms with Gasteiger partial charge in [0.2, 0.25) is 0 Å². The Morgan fingerprint density at radius 1 is 1.22 bits per heavy atom. The van der Waals surface area contributed by atoms with E-state index in [1.807, 2.05) is 48.7 Å². The molecule has 0 fully saturated rings. The van der Waals surface area contributed by atoms with Crippen LogP contribution in [0, 0.1) is 0 Å². The summed E-state index contributed by atoms with van der Waals surface area (Å²) in [4.78, 5) is 19.8. The zero-order valence-electron chi connectivity index (χ0n) is 12.5. The van der Waals surface area contributed by atoms with Crippen LogP contribution in [-0.2, 0) is 4.79 Å². The van der Waals surface area contributed by atoms with Gasteiger partial charge >= 0.3 is 0 Å². The van der Waals surface area contributed by atoms with Crippen molar-refractivity contribution in [2.75, 3.05) is 12.4 Å². The number of para-hydroxylation sites is 1. The Labute approximate surface area is 133 Å². The number of nitrogens with one attached hydrogen (secondary N) is 2. The van der Waals surface area contributed by atoms with Gasteiger partial charge in [-0.1, -0.05) is 18.2 Å². The van der Waals surface area contributed by atoms with Gasteiger partial charge in [-0.05, 0) is 24.3 Å². The molecule has 1 aliphatic heterocycles. The summed E-state index contributed by atoms with van der Waals surface area (Å²) >= 11 is 0. The first-order valence-corrected chi connectivity index (χ1v) is 7.34. The van der Waals surface area contributed by atoms with Crippen LogP contribution < -0.4 is 10.1 Å². The van der Waals surface area contributed by atoms with Crippen LogP contribution in [0.4, 0.5) is 5.69 Å². The smallest absolute Gasteiger partial charge is 0.253 e. The number of rotatable bonds is 3. The number of carbonyl (C=O) groups excluding carboxylic acids is 1. The van der Waals surface area contributed by atoms with E-state index in [2.05, 4.69) is 15.3 Å². The van der Waals surface area contributed by atoms with E-state index in [1.54, 1.807) is 13.3 Å². The van der Waals surface area contributed by atoms with E-state index in [-0.39, 0.29) is 5.91 Å². The zero-order valence-corrected chi connectivity index (χ0v) is 12.5. The first-order valence-electron chi connectivity index (χ1n) is 7.34.